The van der Waals surface area contributed by atoms with Crippen molar-refractivity contribution in [1.29, 1.82) is 0 Å². The first kappa shape index (κ1) is 15.5. The van der Waals surface area contributed by atoms with Crippen LogP contribution in [0.4, 0.5) is 4.39 Å². The van der Waals surface area contributed by atoms with Crippen molar-refractivity contribution in [2.24, 2.45) is 0 Å². The minimum absolute atomic E-state index is 0.00251. The highest BCUT2D eigenvalue weighted by atomic mass is 79.9. The molecule has 0 aromatic heterocycles. The minimum Gasteiger partial charge on any atom is -0.309 e. The molecule has 20 heavy (non-hydrogen) atoms. The van der Waals surface area contributed by atoms with Crippen LogP contribution in [0.1, 0.15) is 18.5 Å². The molecule has 1 N–H and O–H groups in total. The van der Waals surface area contributed by atoms with Gasteiger partial charge < -0.3 is 5.32 Å². The molecule has 0 aliphatic rings. The predicted molar refractivity (Wildman–Crippen MR) is 87.7 cm³/mol. The standard InChI is InChI=1S/C16H17BrFNS/c1-2-19-15(11-20-12-7-4-3-5-8-12)13-9-6-10-14(17)16(13)18/h3-10,15,19H,2,11H2,1H3. The fourth-order valence-electron chi connectivity index (χ4n) is 1.99. The van der Waals surface area contributed by atoms with Crippen LogP contribution in [0.15, 0.2) is 57.9 Å². The van der Waals surface area contributed by atoms with Crippen molar-refractivity contribution in [2.45, 2.75) is 17.9 Å². The molecule has 0 saturated carbocycles. The lowest BCUT2D eigenvalue weighted by Crippen LogP contribution is -2.24. The Morgan fingerprint density at radius 2 is 1.90 bits per heavy atom. The van der Waals surface area contributed by atoms with Gasteiger partial charge in [0.15, 0.2) is 0 Å². The molecular formula is C16H17BrFNS. The summed E-state index contributed by atoms with van der Waals surface area (Å²) in [5, 5.41) is 3.36. The molecule has 0 bridgehead atoms. The van der Waals surface area contributed by atoms with Gasteiger partial charge in [0.2, 0.25) is 0 Å². The van der Waals surface area contributed by atoms with Crippen LogP contribution in [0.25, 0.3) is 0 Å². The molecule has 0 saturated heterocycles. The van der Waals surface area contributed by atoms with Crippen molar-refractivity contribution in [3.8, 4) is 0 Å². The van der Waals surface area contributed by atoms with E-state index in [2.05, 4.69) is 33.4 Å². The van der Waals surface area contributed by atoms with Gasteiger partial charge in [-0.3, -0.25) is 0 Å². The Bertz CT molecular complexity index is 547. The van der Waals surface area contributed by atoms with Crippen LogP contribution >= 0.6 is 27.7 Å². The molecule has 0 aliphatic heterocycles. The molecule has 4 heteroatoms. The van der Waals surface area contributed by atoms with E-state index >= 15 is 0 Å². The van der Waals surface area contributed by atoms with Crippen LogP contribution in [0, 0.1) is 5.82 Å². The van der Waals surface area contributed by atoms with Crippen LogP contribution in [-0.4, -0.2) is 12.3 Å². The zero-order chi connectivity index (χ0) is 14.4. The van der Waals surface area contributed by atoms with Gasteiger partial charge in [-0.25, -0.2) is 4.39 Å². The monoisotopic (exact) mass is 353 g/mol. The zero-order valence-electron chi connectivity index (χ0n) is 11.3. The third-order valence-corrected chi connectivity index (χ3v) is 4.69. The third-order valence-electron chi connectivity index (χ3n) is 2.97. The summed E-state index contributed by atoms with van der Waals surface area (Å²) in [6, 6.07) is 15.6. The highest BCUT2D eigenvalue weighted by Crippen LogP contribution is 2.28. The van der Waals surface area contributed by atoms with E-state index in [4.69, 9.17) is 0 Å². The molecule has 1 atom stereocenters. The van der Waals surface area contributed by atoms with Crippen molar-refractivity contribution in [3.05, 3.63) is 64.4 Å². The number of rotatable bonds is 6. The minimum atomic E-state index is -0.174. The smallest absolute Gasteiger partial charge is 0.142 e. The Morgan fingerprint density at radius 3 is 2.60 bits per heavy atom. The van der Waals surface area contributed by atoms with Crippen LogP contribution in [0.3, 0.4) is 0 Å². The van der Waals surface area contributed by atoms with Crippen molar-refractivity contribution >= 4 is 27.7 Å². The molecule has 106 valence electrons. The summed E-state index contributed by atoms with van der Waals surface area (Å²) in [6.45, 7) is 2.85. The maximum atomic E-state index is 14.2. The van der Waals surface area contributed by atoms with E-state index in [1.165, 1.54) is 4.90 Å². The Labute approximate surface area is 132 Å². The fourth-order valence-corrected chi connectivity index (χ4v) is 3.38. The zero-order valence-corrected chi connectivity index (χ0v) is 13.7. The fraction of sp³-hybridized carbons (Fsp3) is 0.250. The molecule has 0 fully saturated rings. The van der Waals surface area contributed by atoms with Gasteiger partial charge in [-0.15, -0.1) is 11.8 Å². The Morgan fingerprint density at radius 1 is 1.15 bits per heavy atom. The first-order valence-electron chi connectivity index (χ1n) is 6.57. The number of halogens is 2. The molecular weight excluding hydrogens is 337 g/mol. The van der Waals surface area contributed by atoms with Gasteiger partial charge >= 0.3 is 0 Å². The first-order chi connectivity index (χ1) is 9.72. The molecule has 0 aliphatic carbocycles. The Balaban J connectivity index is 2.12. The summed E-state index contributed by atoms with van der Waals surface area (Å²) >= 11 is 4.99. The molecule has 0 radical (unpaired) electrons. The number of hydrogen-bond donors (Lipinski definition) is 1. The van der Waals surface area contributed by atoms with Crippen LogP contribution in [-0.2, 0) is 0 Å². The van der Waals surface area contributed by atoms with Crippen molar-refractivity contribution in [3.63, 3.8) is 0 Å². The predicted octanol–water partition coefficient (Wildman–Crippen LogP) is 5.03. The first-order valence-corrected chi connectivity index (χ1v) is 8.35. The maximum absolute atomic E-state index is 14.2. The second-order valence-corrected chi connectivity index (χ2v) is 6.33. The number of hydrogen-bond acceptors (Lipinski definition) is 2. The summed E-state index contributed by atoms with van der Waals surface area (Å²) in [4.78, 5) is 1.20. The lowest BCUT2D eigenvalue weighted by atomic mass is 10.1. The van der Waals surface area contributed by atoms with Crippen molar-refractivity contribution in [2.75, 3.05) is 12.3 Å². The van der Waals surface area contributed by atoms with Gasteiger partial charge in [0.05, 0.1) is 4.47 Å². The van der Waals surface area contributed by atoms with E-state index in [0.717, 1.165) is 12.3 Å². The lowest BCUT2D eigenvalue weighted by molar-refractivity contribution is 0.542. The van der Waals surface area contributed by atoms with Gasteiger partial charge in [0, 0.05) is 22.3 Å². The van der Waals surface area contributed by atoms with E-state index in [9.17, 15) is 4.39 Å². The SMILES string of the molecule is CCNC(CSc1ccccc1)c1cccc(Br)c1F. The van der Waals surface area contributed by atoms with E-state index < -0.39 is 0 Å². The normalized spacial score (nSPS) is 12.3. The molecule has 2 aromatic rings. The second kappa shape index (κ2) is 7.81. The number of nitrogens with one attached hydrogen (secondary N) is 1. The van der Waals surface area contributed by atoms with Crippen molar-refractivity contribution in [1.82, 2.24) is 5.32 Å². The summed E-state index contributed by atoms with van der Waals surface area (Å²) < 4.78 is 14.7. The highest BCUT2D eigenvalue weighted by Gasteiger charge is 2.16. The maximum Gasteiger partial charge on any atom is 0.142 e. The largest absolute Gasteiger partial charge is 0.309 e. The van der Waals surface area contributed by atoms with Crippen molar-refractivity contribution < 1.29 is 4.39 Å². The summed E-state index contributed by atoms with van der Waals surface area (Å²) in [5.41, 5.74) is 0.713. The molecule has 0 spiro atoms. The third kappa shape index (κ3) is 4.08. The highest BCUT2D eigenvalue weighted by molar-refractivity contribution is 9.10. The Kier molecular flexibility index (Phi) is 6.07. The average molecular weight is 354 g/mol. The van der Waals surface area contributed by atoms with Gasteiger partial charge in [-0.2, -0.15) is 0 Å². The average Bonchev–Trinajstić information content (AvgIpc) is 2.48. The molecule has 0 heterocycles. The van der Waals surface area contributed by atoms with Crippen LogP contribution in [0.5, 0.6) is 0 Å². The second-order valence-electron chi connectivity index (χ2n) is 4.38. The van der Waals surface area contributed by atoms with E-state index in [0.29, 0.717) is 10.0 Å². The van der Waals surface area contributed by atoms with Crippen LogP contribution < -0.4 is 5.32 Å². The molecule has 0 amide bonds. The molecule has 1 nitrogen and oxygen atoms in total. The molecule has 2 aromatic carbocycles. The van der Waals surface area contributed by atoms with Gasteiger partial charge in [0.25, 0.3) is 0 Å². The summed E-state index contributed by atoms with van der Waals surface area (Å²) in [6.07, 6.45) is 0. The summed E-state index contributed by atoms with van der Waals surface area (Å²) in [5.74, 6) is 0.623. The van der Waals surface area contributed by atoms with E-state index in [1.54, 1.807) is 17.8 Å². The molecule has 2 rings (SSSR count). The van der Waals surface area contributed by atoms with E-state index in [1.807, 2.05) is 37.3 Å². The topological polar surface area (TPSA) is 12.0 Å². The molecule has 1 unspecified atom stereocenters. The number of benzene rings is 2. The number of thioether (sulfide) groups is 1. The van der Waals surface area contributed by atoms with E-state index in [-0.39, 0.29) is 11.9 Å². The van der Waals surface area contributed by atoms with Gasteiger partial charge in [-0.05, 0) is 40.7 Å². The van der Waals surface area contributed by atoms with Crippen LogP contribution in [0.2, 0.25) is 0 Å². The lowest BCUT2D eigenvalue weighted by Gasteiger charge is -2.19. The summed E-state index contributed by atoms with van der Waals surface area (Å²) in [7, 11) is 0. The quantitative estimate of drug-likeness (QED) is 0.730. The van der Waals surface area contributed by atoms with Gasteiger partial charge in [-0.1, -0.05) is 37.3 Å². The van der Waals surface area contributed by atoms with Gasteiger partial charge in [0.1, 0.15) is 5.82 Å². The Hall–Kier alpha value is -0.840.